The number of hydrogen-bond acceptors (Lipinski definition) is 1. The molecular weight excluding hydrogens is 294 g/mol. The van der Waals surface area contributed by atoms with Gasteiger partial charge in [-0.3, -0.25) is 0 Å². The molecule has 1 aliphatic heterocycles. The van der Waals surface area contributed by atoms with Crippen molar-refractivity contribution in [1.29, 1.82) is 5.26 Å². The van der Waals surface area contributed by atoms with Crippen LogP contribution in [0.25, 0.3) is 0 Å². The van der Waals surface area contributed by atoms with Crippen LogP contribution in [0.15, 0.2) is 24.3 Å². The molecule has 0 spiro atoms. The van der Waals surface area contributed by atoms with Crippen molar-refractivity contribution in [3.8, 4) is 6.07 Å². The minimum absolute atomic E-state index is 0.485. The summed E-state index contributed by atoms with van der Waals surface area (Å²) in [7, 11) is -0.485. The van der Waals surface area contributed by atoms with Gasteiger partial charge in [0, 0.05) is 8.80 Å². The van der Waals surface area contributed by atoms with Crippen molar-refractivity contribution < 1.29 is 0 Å². The molecule has 23 heavy (non-hydrogen) atoms. The molecule has 3 rings (SSSR count). The Kier molecular flexibility index (Phi) is 5.95. The normalized spacial score (nSPS) is 31.5. The SMILES string of the molecule is CCC[C@H]1CC[C@H]([Si@H]2CC[C@H](c3ccc(C#N)cc3)CC2)CC1. The third-order valence-corrected chi connectivity index (χ3v) is 10.7. The Morgan fingerprint density at radius 3 is 2.22 bits per heavy atom. The summed E-state index contributed by atoms with van der Waals surface area (Å²) in [5, 5.41) is 8.93. The highest BCUT2D eigenvalue weighted by Crippen LogP contribution is 2.43. The van der Waals surface area contributed by atoms with Crippen LogP contribution >= 0.6 is 0 Å². The van der Waals surface area contributed by atoms with E-state index in [-0.39, 0.29) is 0 Å². The zero-order valence-electron chi connectivity index (χ0n) is 14.6. The third-order valence-electron chi connectivity index (χ3n) is 6.54. The molecule has 0 N–H and O–H groups in total. The van der Waals surface area contributed by atoms with E-state index in [0.717, 1.165) is 22.9 Å². The van der Waals surface area contributed by atoms with Crippen LogP contribution in [0, 0.1) is 17.2 Å². The van der Waals surface area contributed by atoms with Gasteiger partial charge in [-0.15, -0.1) is 0 Å². The van der Waals surface area contributed by atoms with Crippen molar-refractivity contribution in [2.24, 2.45) is 5.92 Å². The topological polar surface area (TPSA) is 23.8 Å². The molecule has 0 unspecified atom stereocenters. The maximum atomic E-state index is 8.93. The monoisotopic (exact) mass is 325 g/mol. The minimum Gasteiger partial charge on any atom is -0.192 e. The lowest BCUT2D eigenvalue weighted by Gasteiger charge is -2.37. The Balaban J connectivity index is 1.48. The third kappa shape index (κ3) is 4.26. The lowest BCUT2D eigenvalue weighted by molar-refractivity contribution is 0.332. The van der Waals surface area contributed by atoms with Crippen LogP contribution in [0.5, 0.6) is 0 Å². The van der Waals surface area contributed by atoms with Gasteiger partial charge in [-0.05, 0) is 47.9 Å². The number of rotatable bonds is 4. The second kappa shape index (κ2) is 8.15. The minimum atomic E-state index is -0.485. The molecule has 2 aliphatic rings. The molecule has 1 aliphatic carbocycles. The summed E-state index contributed by atoms with van der Waals surface area (Å²) in [6.07, 6.45) is 11.9. The maximum Gasteiger partial charge on any atom is 0.0991 e. The average molecular weight is 326 g/mol. The van der Waals surface area contributed by atoms with Crippen LogP contribution in [0.3, 0.4) is 0 Å². The van der Waals surface area contributed by atoms with Crippen molar-refractivity contribution >= 4 is 8.80 Å². The van der Waals surface area contributed by atoms with E-state index in [1.807, 2.05) is 12.1 Å². The smallest absolute Gasteiger partial charge is 0.0991 e. The fourth-order valence-electron chi connectivity index (χ4n) is 5.11. The number of benzene rings is 1. The first-order valence-electron chi connectivity index (χ1n) is 9.80. The summed E-state index contributed by atoms with van der Waals surface area (Å²) in [5.41, 5.74) is 3.42. The van der Waals surface area contributed by atoms with E-state index in [1.54, 1.807) is 24.9 Å². The highest BCUT2D eigenvalue weighted by atomic mass is 28.3. The van der Waals surface area contributed by atoms with E-state index in [1.165, 1.54) is 44.1 Å². The molecule has 0 bridgehead atoms. The molecule has 1 saturated carbocycles. The first kappa shape index (κ1) is 16.8. The fraction of sp³-hybridized carbons (Fsp3) is 0.667. The zero-order valence-corrected chi connectivity index (χ0v) is 15.8. The molecule has 0 atom stereocenters. The van der Waals surface area contributed by atoms with E-state index < -0.39 is 8.80 Å². The predicted octanol–water partition coefficient (Wildman–Crippen LogP) is 6.02. The molecular formula is C21H31NSi. The van der Waals surface area contributed by atoms with Crippen molar-refractivity contribution in [2.45, 2.75) is 81.8 Å². The Bertz CT molecular complexity index is 514. The highest BCUT2D eigenvalue weighted by Gasteiger charge is 2.31. The molecule has 2 fully saturated rings. The van der Waals surface area contributed by atoms with Gasteiger partial charge >= 0.3 is 0 Å². The summed E-state index contributed by atoms with van der Waals surface area (Å²) in [5.74, 6) is 1.82. The maximum absolute atomic E-state index is 8.93. The van der Waals surface area contributed by atoms with E-state index in [4.69, 9.17) is 5.26 Å². The van der Waals surface area contributed by atoms with E-state index in [2.05, 4.69) is 25.1 Å². The van der Waals surface area contributed by atoms with E-state index in [9.17, 15) is 0 Å². The standard InChI is InChI=1S/C21H31NSi/c1-2-3-17-6-10-21(11-7-17)23-14-12-20(13-15-23)19-8-4-18(16-22)5-9-19/h4-5,8-9,17,20-21,23H,2-3,6-7,10-15H2,1H3/t17-,20-,21-,23-. The van der Waals surface area contributed by atoms with Crippen LogP contribution < -0.4 is 0 Å². The first-order valence-corrected chi connectivity index (χ1v) is 12.1. The van der Waals surface area contributed by atoms with Gasteiger partial charge in [0.05, 0.1) is 11.6 Å². The summed E-state index contributed by atoms with van der Waals surface area (Å²) in [4.78, 5) is 0. The van der Waals surface area contributed by atoms with Crippen LogP contribution in [-0.4, -0.2) is 8.80 Å². The lowest BCUT2D eigenvalue weighted by atomic mass is 9.86. The van der Waals surface area contributed by atoms with Gasteiger partial charge in [0.2, 0.25) is 0 Å². The second-order valence-electron chi connectivity index (χ2n) is 7.91. The van der Waals surface area contributed by atoms with Crippen molar-refractivity contribution in [1.82, 2.24) is 0 Å². The number of nitrogens with zero attached hydrogens (tertiary/aromatic N) is 1. The van der Waals surface area contributed by atoms with Gasteiger partial charge in [-0.25, -0.2) is 0 Å². The summed E-state index contributed by atoms with van der Waals surface area (Å²) < 4.78 is 0. The Morgan fingerprint density at radius 1 is 1.00 bits per heavy atom. The average Bonchev–Trinajstić information content (AvgIpc) is 2.63. The Morgan fingerprint density at radius 2 is 1.65 bits per heavy atom. The van der Waals surface area contributed by atoms with Crippen LogP contribution in [0.4, 0.5) is 0 Å². The first-order chi connectivity index (χ1) is 11.3. The van der Waals surface area contributed by atoms with Crippen LogP contribution in [0.1, 0.15) is 75.3 Å². The van der Waals surface area contributed by atoms with Crippen LogP contribution in [0.2, 0.25) is 17.6 Å². The molecule has 1 heterocycles. The molecule has 0 aromatic heterocycles. The highest BCUT2D eigenvalue weighted by molar-refractivity contribution is 6.60. The second-order valence-corrected chi connectivity index (χ2v) is 11.5. The van der Waals surface area contributed by atoms with E-state index >= 15 is 0 Å². The molecule has 1 aromatic rings. The number of hydrogen-bond donors (Lipinski definition) is 0. The Labute approximate surface area is 143 Å². The van der Waals surface area contributed by atoms with Gasteiger partial charge in [-0.2, -0.15) is 5.26 Å². The van der Waals surface area contributed by atoms with Gasteiger partial charge in [0.15, 0.2) is 0 Å². The largest absolute Gasteiger partial charge is 0.192 e. The van der Waals surface area contributed by atoms with Gasteiger partial charge in [0.25, 0.3) is 0 Å². The lowest BCUT2D eigenvalue weighted by Crippen LogP contribution is -2.29. The van der Waals surface area contributed by atoms with Gasteiger partial charge < -0.3 is 0 Å². The molecule has 124 valence electrons. The quantitative estimate of drug-likeness (QED) is 0.621. The van der Waals surface area contributed by atoms with Crippen molar-refractivity contribution in [3.05, 3.63) is 35.4 Å². The molecule has 1 saturated heterocycles. The number of nitriles is 1. The predicted molar refractivity (Wildman–Crippen MR) is 101 cm³/mol. The van der Waals surface area contributed by atoms with Gasteiger partial charge in [0.1, 0.15) is 0 Å². The molecule has 2 heteroatoms. The van der Waals surface area contributed by atoms with Crippen molar-refractivity contribution in [2.75, 3.05) is 0 Å². The summed E-state index contributed by atoms with van der Waals surface area (Å²) >= 11 is 0. The summed E-state index contributed by atoms with van der Waals surface area (Å²) in [6.45, 7) is 2.34. The molecule has 1 aromatic carbocycles. The van der Waals surface area contributed by atoms with Gasteiger partial charge in [-0.1, -0.05) is 69.7 Å². The Hall–Kier alpha value is -1.07. The summed E-state index contributed by atoms with van der Waals surface area (Å²) in [6, 6.07) is 13.7. The van der Waals surface area contributed by atoms with Crippen molar-refractivity contribution in [3.63, 3.8) is 0 Å². The fourth-order valence-corrected chi connectivity index (χ4v) is 9.33. The molecule has 0 radical (unpaired) electrons. The van der Waals surface area contributed by atoms with Crippen LogP contribution in [-0.2, 0) is 0 Å². The molecule has 1 nitrogen and oxygen atoms in total. The van der Waals surface area contributed by atoms with E-state index in [0.29, 0.717) is 0 Å². The molecule has 0 amide bonds. The zero-order chi connectivity index (χ0) is 16.1.